The lowest BCUT2D eigenvalue weighted by Crippen LogP contribution is -2.07. The molecule has 13 heavy (non-hydrogen) atoms. The molecule has 3 nitrogen and oxygen atoms in total. The largest absolute Gasteiger partial charge is 0.402 e. The summed E-state index contributed by atoms with van der Waals surface area (Å²) >= 11 is 0. The first-order valence-corrected chi connectivity index (χ1v) is 4.25. The average Bonchev–Trinajstić information content (AvgIpc) is 1.80. The van der Waals surface area contributed by atoms with E-state index >= 15 is 0 Å². The minimum Gasteiger partial charge on any atom is -0.402 e. The van der Waals surface area contributed by atoms with Crippen LogP contribution < -0.4 is 5.73 Å². The van der Waals surface area contributed by atoms with E-state index in [1.165, 1.54) is 0 Å². The molecule has 0 heterocycles. The molecule has 0 rings (SSSR count). The number of hydrogen-bond donors (Lipinski definition) is 1. The lowest BCUT2D eigenvalue weighted by Gasteiger charge is -2.04. The normalized spacial score (nSPS) is 12.7. The minimum absolute atomic E-state index is 0.811. The van der Waals surface area contributed by atoms with Crippen molar-refractivity contribution in [3.63, 3.8) is 0 Å². The zero-order valence-corrected chi connectivity index (χ0v) is 9.20. The first kappa shape index (κ1) is 11.8. The summed E-state index contributed by atoms with van der Waals surface area (Å²) in [6.07, 6.45) is 5.99. The van der Waals surface area contributed by atoms with Gasteiger partial charge >= 0.3 is 0 Å². The molecule has 0 aromatic heterocycles. The third-order valence-corrected chi connectivity index (χ3v) is 1.21. The summed E-state index contributed by atoms with van der Waals surface area (Å²) < 4.78 is 1.99. The maximum atomic E-state index is 5.61. The van der Waals surface area contributed by atoms with Crippen LogP contribution in [0.1, 0.15) is 6.92 Å². The van der Waals surface area contributed by atoms with E-state index in [1.807, 2.05) is 63.1 Å². The summed E-state index contributed by atoms with van der Waals surface area (Å²) in [5, 5.41) is 0. The quantitative estimate of drug-likeness (QED) is 0.394. The molecular formula is C10H20N3+. The van der Waals surface area contributed by atoms with Crippen LogP contribution in [-0.2, 0) is 0 Å². The molecule has 0 atom stereocenters. The molecule has 0 aromatic carbocycles. The van der Waals surface area contributed by atoms with Crippen LogP contribution in [-0.4, -0.2) is 43.9 Å². The van der Waals surface area contributed by atoms with Crippen molar-refractivity contribution >= 4 is 6.21 Å². The topological polar surface area (TPSA) is 32.3 Å². The van der Waals surface area contributed by atoms with Crippen LogP contribution in [0.3, 0.4) is 0 Å². The Kier molecular flexibility index (Phi) is 4.89. The zero-order chi connectivity index (χ0) is 10.4. The lowest BCUT2D eigenvalue weighted by molar-refractivity contribution is -0.458. The van der Waals surface area contributed by atoms with Gasteiger partial charge in [0.05, 0.1) is 5.57 Å². The highest BCUT2D eigenvalue weighted by atomic mass is 15.0. The van der Waals surface area contributed by atoms with Gasteiger partial charge in [-0.15, -0.1) is 0 Å². The van der Waals surface area contributed by atoms with Crippen LogP contribution >= 0.6 is 0 Å². The third-order valence-electron chi connectivity index (χ3n) is 1.21. The Labute approximate surface area is 80.8 Å². The van der Waals surface area contributed by atoms with Crippen molar-refractivity contribution in [3.05, 3.63) is 23.5 Å². The molecular weight excluding hydrogens is 162 g/mol. The van der Waals surface area contributed by atoms with Gasteiger partial charge < -0.3 is 10.6 Å². The molecule has 0 saturated carbocycles. The average molecular weight is 182 g/mol. The summed E-state index contributed by atoms with van der Waals surface area (Å²) in [6, 6.07) is 0. The molecule has 0 unspecified atom stereocenters. The van der Waals surface area contributed by atoms with E-state index in [2.05, 4.69) is 0 Å². The van der Waals surface area contributed by atoms with Crippen LogP contribution in [0.15, 0.2) is 23.5 Å². The molecule has 0 spiro atoms. The number of rotatable bonds is 3. The predicted octanol–water partition coefficient (Wildman–Crippen LogP) is 0.637. The van der Waals surface area contributed by atoms with E-state index in [0.717, 1.165) is 11.3 Å². The van der Waals surface area contributed by atoms with Crippen LogP contribution in [0.2, 0.25) is 0 Å². The fourth-order valence-corrected chi connectivity index (χ4v) is 0.967. The second-order valence-corrected chi connectivity index (χ2v) is 3.57. The highest BCUT2D eigenvalue weighted by Gasteiger charge is 1.95. The van der Waals surface area contributed by atoms with Gasteiger partial charge in [-0.1, -0.05) is 0 Å². The highest BCUT2D eigenvalue weighted by Crippen LogP contribution is 1.96. The van der Waals surface area contributed by atoms with Gasteiger partial charge in [-0.25, -0.2) is 4.58 Å². The molecule has 0 bridgehead atoms. The van der Waals surface area contributed by atoms with Gasteiger partial charge in [-0.3, -0.25) is 0 Å². The Morgan fingerprint density at radius 2 is 1.85 bits per heavy atom. The van der Waals surface area contributed by atoms with Crippen molar-refractivity contribution in [1.82, 2.24) is 4.90 Å². The standard InChI is InChI=1S/C10H20N3/c1-9(11)6-10(7-12(2)3)8-13(4)5/h6-8H,11H2,1-5H3/q+1. The van der Waals surface area contributed by atoms with Crippen LogP contribution in [0.4, 0.5) is 0 Å². The molecule has 0 aliphatic rings. The van der Waals surface area contributed by atoms with Crippen molar-refractivity contribution in [3.8, 4) is 0 Å². The van der Waals surface area contributed by atoms with E-state index in [0.29, 0.717) is 0 Å². The Morgan fingerprint density at radius 3 is 2.15 bits per heavy atom. The van der Waals surface area contributed by atoms with Gasteiger partial charge in [0, 0.05) is 26.0 Å². The van der Waals surface area contributed by atoms with E-state index in [1.54, 1.807) is 0 Å². The Hall–Kier alpha value is -1.25. The number of allylic oxidation sites excluding steroid dienone is 3. The van der Waals surface area contributed by atoms with Crippen molar-refractivity contribution in [2.24, 2.45) is 5.73 Å². The maximum absolute atomic E-state index is 5.61. The molecule has 0 aromatic rings. The van der Waals surface area contributed by atoms with Crippen molar-refractivity contribution in [2.45, 2.75) is 6.92 Å². The summed E-state index contributed by atoms with van der Waals surface area (Å²) in [6.45, 7) is 1.88. The first-order valence-electron chi connectivity index (χ1n) is 4.25. The number of nitrogens with zero attached hydrogens (tertiary/aromatic N) is 2. The molecule has 0 radical (unpaired) electrons. The fraction of sp³-hybridized carbons (Fsp3) is 0.500. The monoisotopic (exact) mass is 182 g/mol. The Bertz CT molecular complexity index is 219. The molecule has 0 aliphatic heterocycles. The second kappa shape index (κ2) is 5.41. The molecule has 0 fully saturated rings. The summed E-state index contributed by atoms with van der Waals surface area (Å²) in [5.74, 6) is 0. The van der Waals surface area contributed by atoms with E-state index in [-0.39, 0.29) is 0 Å². The zero-order valence-electron chi connectivity index (χ0n) is 9.20. The van der Waals surface area contributed by atoms with Gasteiger partial charge in [-0.2, -0.15) is 0 Å². The molecule has 2 N–H and O–H groups in total. The summed E-state index contributed by atoms with van der Waals surface area (Å²) in [4.78, 5) is 1.99. The van der Waals surface area contributed by atoms with Gasteiger partial charge in [0.2, 0.25) is 0 Å². The van der Waals surface area contributed by atoms with Crippen LogP contribution in [0.5, 0.6) is 0 Å². The molecule has 0 amide bonds. The summed E-state index contributed by atoms with van der Waals surface area (Å²) in [7, 11) is 7.96. The predicted molar refractivity (Wildman–Crippen MR) is 57.9 cm³/mol. The van der Waals surface area contributed by atoms with Crippen LogP contribution in [0, 0.1) is 0 Å². The smallest absolute Gasteiger partial charge is 0.171 e. The van der Waals surface area contributed by atoms with Crippen molar-refractivity contribution < 1.29 is 4.58 Å². The van der Waals surface area contributed by atoms with E-state index in [4.69, 9.17) is 5.73 Å². The number of hydrogen-bond acceptors (Lipinski definition) is 2. The van der Waals surface area contributed by atoms with E-state index in [9.17, 15) is 0 Å². The minimum atomic E-state index is 0.811. The Balaban J connectivity index is 4.78. The van der Waals surface area contributed by atoms with Crippen LogP contribution in [0.25, 0.3) is 0 Å². The van der Waals surface area contributed by atoms with Crippen molar-refractivity contribution in [1.29, 1.82) is 0 Å². The van der Waals surface area contributed by atoms with Gasteiger partial charge in [0.1, 0.15) is 14.1 Å². The van der Waals surface area contributed by atoms with Gasteiger partial charge in [0.15, 0.2) is 6.21 Å². The van der Waals surface area contributed by atoms with E-state index < -0.39 is 0 Å². The van der Waals surface area contributed by atoms with Gasteiger partial charge in [-0.05, 0) is 13.0 Å². The summed E-state index contributed by atoms with van der Waals surface area (Å²) in [5.41, 5.74) is 7.51. The maximum Gasteiger partial charge on any atom is 0.171 e. The molecule has 0 saturated heterocycles. The molecule has 3 heteroatoms. The molecule has 0 aliphatic carbocycles. The number of nitrogens with two attached hydrogens (primary N) is 1. The lowest BCUT2D eigenvalue weighted by atomic mass is 10.2. The third kappa shape index (κ3) is 7.12. The second-order valence-electron chi connectivity index (χ2n) is 3.57. The Morgan fingerprint density at radius 1 is 1.31 bits per heavy atom. The first-order chi connectivity index (χ1) is 5.91. The highest BCUT2D eigenvalue weighted by molar-refractivity contribution is 5.78. The van der Waals surface area contributed by atoms with Crippen molar-refractivity contribution in [2.75, 3.05) is 28.2 Å². The fourth-order valence-electron chi connectivity index (χ4n) is 0.967. The van der Waals surface area contributed by atoms with Gasteiger partial charge in [0.25, 0.3) is 0 Å². The SMILES string of the molecule is CC(N)=CC(=CN(C)C)C=[N+](C)C. The molecule has 74 valence electrons.